The summed E-state index contributed by atoms with van der Waals surface area (Å²) in [6.07, 6.45) is 2.06. The van der Waals surface area contributed by atoms with Gasteiger partial charge in [0, 0.05) is 6.54 Å². The summed E-state index contributed by atoms with van der Waals surface area (Å²) in [5.74, 6) is 1.21. The lowest BCUT2D eigenvalue weighted by molar-refractivity contribution is -0.136. The SMILES string of the molecule is CSCC(C)CN1CC(=O)NC(=O)C1. The van der Waals surface area contributed by atoms with Crippen LogP contribution in [0.25, 0.3) is 0 Å². The van der Waals surface area contributed by atoms with Gasteiger partial charge in [0.2, 0.25) is 11.8 Å². The van der Waals surface area contributed by atoms with E-state index >= 15 is 0 Å². The first-order chi connectivity index (χ1) is 6.61. The number of thioether (sulfide) groups is 1. The van der Waals surface area contributed by atoms with Crippen molar-refractivity contribution in [1.29, 1.82) is 0 Å². The highest BCUT2D eigenvalue weighted by Crippen LogP contribution is 2.07. The minimum atomic E-state index is -0.183. The molecule has 1 aliphatic heterocycles. The van der Waals surface area contributed by atoms with Crippen LogP contribution in [-0.2, 0) is 9.59 Å². The summed E-state index contributed by atoms with van der Waals surface area (Å²) in [6, 6.07) is 0. The van der Waals surface area contributed by atoms with E-state index in [1.54, 1.807) is 11.8 Å². The van der Waals surface area contributed by atoms with E-state index in [-0.39, 0.29) is 11.8 Å². The van der Waals surface area contributed by atoms with Gasteiger partial charge >= 0.3 is 0 Å². The summed E-state index contributed by atoms with van der Waals surface area (Å²) in [5, 5.41) is 2.29. The van der Waals surface area contributed by atoms with Gasteiger partial charge in [-0.2, -0.15) is 11.8 Å². The molecule has 0 spiro atoms. The number of nitrogens with zero attached hydrogens (tertiary/aromatic N) is 1. The maximum absolute atomic E-state index is 11.0. The summed E-state index contributed by atoms with van der Waals surface area (Å²) >= 11 is 1.79. The molecule has 1 atom stereocenters. The zero-order chi connectivity index (χ0) is 10.6. The third-order valence-electron chi connectivity index (χ3n) is 2.03. The second-order valence-corrected chi connectivity index (χ2v) is 4.61. The van der Waals surface area contributed by atoms with Crippen molar-refractivity contribution in [3.63, 3.8) is 0 Å². The van der Waals surface area contributed by atoms with Crippen molar-refractivity contribution in [3.8, 4) is 0 Å². The van der Waals surface area contributed by atoms with E-state index < -0.39 is 0 Å². The van der Waals surface area contributed by atoms with Gasteiger partial charge in [0.1, 0.15) is 0 Å². The van der Waals surface area contributed by atoms with E-state index in [9.17, 15) is 9.59 Å². The fourth-order valence-corrected chi connectivity index (χ4v) is 2.28. The van der Waals surface area contributed by atoms with E-state index in [0.717, 1.165) is 12.3 Å². The van der Waals surface area contributed by atoms with Crippen LogP contribution < -0.4 is 5.32 Å². The van der Waals surface area contributed by atoms with Gasteiger partial charge in [-0.15, -0.1) is 0 Å². The van der Waals surface area contributed by atoms with Gasteiger partial charge in [0.25, 0.3) is 0 Å². The molecule has 0 radical (unpaired) electrons. The molecule has 1 rings (SSSR count). The molecular formula is C9H16N2O2S. The molecule has 0 aromatic carbocycles. The minimum absolute atomic E-state index is 0.183. The molecule has 1 saturated heterocycles. The molecule has 80 valence electrons. The summed E-state index contributed by atoms with van der Waals surface area (Å²) in [7, 11) is 0. The van der Waals surface area contributed by atoms with Gasteiger partial charge in [-0.3, -0.25) is 19.8 Å². The lowest BCUT2D eigenvalue weighted by Crippen LogP contribution is -2.52. The van der Waals surface area contributed by atoms with Crippen LogP contribution in [0.1, 0.15) is 6.92 Å². The predicted octanol–water partition coefficient (Wildman–Crippen LogP) is -0.0561. The molecule has 0 aromatic heterocycles. The molecule has 0 aliphatic carbocycles. The fourth-order valence-electron chi connectivity index (χ4n) is 1.60. The fraction of sp³-hybridized carbons (Fsp3) is 0.778. The average molecular weight is 216 g/mol. The van der Waals surface area contributed by atoms with Crippen LogP contribution in [0, 0.1) is 5.92 Å². The molecule has 0 saturated carbocycles. The van der Waals surface area contributed by atoms with Crippen LogP contribution in [0.15, 0.2) is 0 Å². The van der Waals surface area contributed by atoms with Gasteiger partial charge in [0.15, 0.2) is 0 Å². The Labute approximate surface area is 88.4 Å². The maximum Gasteiger partial charge on any atom is 0.240 e. The van der Waals surface area contributed by atoms with Crippen LogP contribution in [0.5, 0.6) is 0 Å². The Morgan fingerprint density at radius 2 is 2.00 bits per heavy atom. The Hall–Kier alpha value is -0.550. The number of rotatable bonds is 4. The maximum atomic E-state index is 11.0. The molecule has 5 heteroatoms. The third-order valence-corrected chi connectivity index (χ3v) is 2.94. The van der Waals surface area contributed by atoms with Crippen LogP contribution >= 0.6 is 11.8 Å². The van der Waals surface area contributed by atoms with Gasteiger partial charge < -0.3 is 0 Å². The number of carbonyl (C=O) groups is 2. The van der Waals surface area contributed by atoms with E-state index in [0.29, 0.717) is 19.0 Å². The molecule has 1 fully saturated rings. The van der Waals surface area contributed by atoms with Crippen LogP contribution in [0.2, 0.25) is 0 Å². The number of imide groups is 1. The molecule has 4 nitrogen and oxygen atoms in total. The Morgan fingerprint density at radius 3 is 2.50 bits per heavy atom. The standard InChI is InChI=1S/C9H16N2O2S/c1-7(6-14-2)3-11-4-8(12)10-9(13)5-11/h7H,3-6H2,1-2H3,(H,10,12,13). The third kappa shape index (κ3) is 3.67. The zero-order valence-electron chi connectivity index (χ0n) is 8.58. The molecule has 2 amide bonds. The van der Waals surface area contributed by atoms with Crippen molar-refractivity contribution in [2.24, 2.45) is 5.92 Å². The number of amides is 2. The predicted molar refractivity (Wildman–Crippen MR) is 57.1 cm³/mol. The van der Waals surface area contributed by atoms with Crippen LogP contribution in [-0.4, -0.2) is 48.4 Å². The van der Waals surface area contributed by atoms with Crippen molar-refractivity contribution in [2.45, 2.75) is 6.92 Å². The normalized spacial score (nSPS) is 20.7. The van der Waals surface area contributed by atoms with Crippen LogP contribution in [0.4, 0.5) is 0 Å². The van der Waals surface area contributed by atoms with Gasteiger partial charge in [-0.1, -0.05) is 6.92 Å². The molecule has 0 aromatic rings. The van der Waals surface area contributed by atoms with Crippen LogP contribution in [0.3, 0.4) is 0 Å². The van der Waals surface area contributed by atoms with E-state index in [2.05, 4.69) is 18.5 Å². The van der Waals surface area contributed by atoms with E-state index in [1.807, 2.05) is 4.90 Å². The highest BCUT2D eigenvalue weighted by atomic mass is 32.2. The summed E-state index contributed by atoms with van der Waals surface area (Å²) in [6.45, 7) is 3.66. The second-order valence-electron chi connectivity index (χ2n) is 3.70. The number of hydrogen-bond acceptors (Lipinski definition) is 4. The molecular weight excluding hydrogens is 200 g/mol. The van der Waals surface area contributed by atoms with Crippen molar-refractivity contribution in [2.75, 3.05) is 31.6 Å². The average Bonchev–Trinajstić information content (AvgIpc) is 2.01. The monoisotopic (exact) mass is 216 g/mol. The zero-order valence-corrected chi connectivity index (χ0v) is 9.39. The minimum Gasteiger partial charge on any atom is -0.294 e. The van der Waals surface area contributed by atoms with Gasteiger partial charge in [-0.25, -0.2) is 0 Å². The Balaban J connectivity index is 2.36. The van der Waals surface area contributed by atoms with Gasteiger partial charge in [-0.05, 0) is 17.9 Å². The van der Waals surface area contributed by atoms with Crippen molar-refractivity contribution >= 4 is 23.6 Å². The largest absolute Gasteiger partial charge is 0.294 e. The highest BCUT2D eigenvalue weighted by Gasteiger charge is 2.23. The second kappa shape index (κ2) is 5.36. The first kappa shape index (κ1) is 11.5. The molecule has 1 heterocycles. The summed E-state index contributed by atoms with van der Waals surface area (Å²) in [5.41, 5.74) is 0. The first-order valence-electron chi connectivity index (χ1n) is 4.65. The molecule has 0 bridgehead atoms. The Bertz CT molecular complexity index is 217. The Morgan fingerprint density at radius 1 is 1.43 bits per heavy atom. The Kier molecular flexibility index (Phi) is 4.41. The molecule has 1 N–H and O–H groups in total. The number of carbonyl (C=O) groups excluding carboxylic acids is 2. The lowest BCUT2D eigenvalue weighted by Gasteiger charge is -2.27. The summed E-state index contributed by atoms with van der Waals surface area (Å²) < 4.78 is 0. The summed E-state index contributed by atoms with van der Waals surface area (Å²) in [4.78, 5) is 24.0. The molecule has 1 aliphatic rings. The highest BCUT2D eigenvalue weighted by molar-refractivity contribution is 7.98. The quantitative estimate of drug-likeness (QED) is 0.669. The lowest BCUT2D eigenvalue weighted by atomic mass is 10.2. The number of piperazine rings is 1. The van der Waals surface area contributed by atoms with Crippen molar-refractivity contribution in [3.05, 3.63) is 0 Å². The van der Waals surface area contributed by atoms with Crippen molar-refractivity contribution in [1.82, 2.24) is 10.2 Å². The topological polar surface area (TPSA) is 49.4 Å². The molecule has 14 heavy (non-hydrogen) atoms. The molecule has 1 unspecified atom stereocenters. The van der Waals surface area contributed by atoms with Crippen molar-refractivity contribution < 1.29 is 9.59 Å². The first-order valence-corrected chi connectivity index (χ1v) is 6.05. The van der Waals surface area contributed by atoms with E-state index in [1.165, 1.54) is 0 Å². The number of hydrogen-bond donors (Lipinski definition) is 1. The number of nitrogens with one attached hydrogen (secondary N) is 1. The van der Waals surface area contributed by atoms with Gasteiger partial charge in [0.05, 0.1) is 13.1 Å². The van der Waals surface area contributed by atoms with E-state index in [4.69, 9.17) is 0 Å². The smallest absolute Gasteiger partial charge is 0.240 e.